The second-order valence-electron chi connectivity index (χ2n) is 8.67. The van der Waals surface area contributed by atoms with Crippen molar-refractivity contribution in [3.63, 3.8) is 0 Å². The molecule has 0 amide bonds. The lowest BCUT2D eigenvalue weighted by atomic mass is 9.88. The van der Waals surface area contributed by atoms with Gasteiger partial charge in [-0.2, -0.15) is 0 Å². The predicted octanol–water partition coefficient (Wildman–Crippen LogP) is 3.06. The maximum absolute atomic E-state index is 12.9. The van der Waals surface area contributed by atoms with E-state index in [0.29, 0.717) is 11.1 Å². The average Bonchev–Trinajstić information content (AvgIpc) is 3.55. The van der Waals surface area contributed by atoms with Gasteiger partial charge < -0.3 is 5.73 Å². The second kappa shape index (κ2) is 9.01. The number of nitrogen functional groups attached to an aromatic ring is 1. The van der Waals surface area contributed by atoms with Crippen molar-refractivity contribution in [3.8, 4) is 5.69 Å². The van der Waals surface area contributed by atoms with E-state index in [1.54, 1.807) is 0 Å². The van der Waals surface area contributed by atoms with Crippen LogP contribution >= 0.6 is 11.8 Å². The summed E-state index contributed by atoms with van der Waals surface area (Å²) in [5.41, 5.74) is 5.53. The van der Waals surface area contributed by atoms with Crippen LogP contribution in [0.15, 0.2) is 45.1 Å². The number of thioether (sulfide) groups is 1. The molecule has 0 radical (unpaired) electrons. The summed E-state index contributed by atoms with van der Waals surface area (Å²) in [6.45, 7) is 0. The van der Waals surface area contributed by atoms with E-state index in [-0.39, 0.29) is 23.2 Å². The maximum atomic E-state index is 12.9. The summed E-state index contributed by atoms with van der Waals surface area (Å²) in [5.74, 6) is 0.706. The fourth-order valence-electron chi connectivity index (χ4n) is 4.48. The Kier molecular flexibility index (Phi) is 5.92. The number of rotatable bonds is 7. The van der Waals surface area contributed by atoms with E-state index in [1.807, 2.05) is 35.0 Å². The molecular weight excluding hydrogens is 440 g/mol. The third-order valence-corrected chi connectivity index (χ3v) is 7.13. The monoisotopic (exact) mass is 466 g/mol. The molecule has 172 valence electrons. The van der Waals surface area contributed by atoms with Crippen LogP contribution < -0.4 is 17.0 Å². The number of hydrogen-bond donors (Lipinski definition) is 2. The molecule has 2 fully saturated rings. The number of aromatic amines is 1. The summed E-state index contributed by atoms with van der Waals surface area (Å²) in [6, 6.07) is 9.81. The number of nitrogens with two attached hydrogens (primary N) is 1. The number of anilines is 1. The first kappa shape index (κ1) is 21.7. The Hall–Kier alpha value is -3.14. The summed E-state index contributed by atoms with van der Waals surface area (Å²) in [7, 11) is 0. The van der Waals surface area contributed by atoms with Gasteiger partial charge in [0.15, 0.2) is 5.78 Å². The first-order valence-electron chi connectivity index (χ1n) is 11.4. The van der Waals surface area contributed by atoms with Gasteiger partial charge in [0.2, 0.25) is 5.16 Å². The predicted molar refractivity (Wildman–Crippen MR) is 126 cm³/mol. The summed E-state index contributed by atoms with van der Waals surface area (Å²) < 4.78 is 3.19. The molecule has 0 atom stereocenters. The lowest BCUT2D eigenvalue weighted by molar-refractivity contribution is 0.102. The van der Waals surface area contributed by atoms with Crippen LogP contribution in [-0.2, 0) is 0 Å². The number of hydrogen-bond acceptors (Lipinski definition) is 7. The van der Waals surface area contributed by atoms with E-state index in [4.69, 9.17) is 10.7 Å². The summed E-state index contributed by atoms with van der Waals surface area (Å²) in [4.78, 5) is 44.4. The number of ketones is 1. The first-order valence-corrected chi connectivity index (χ1v) is 12.3. The van der Waals surface area contributed by atoms with Crippen molar-refractivity contribution < 1.29 is 4.79 Å². The molecular formula is C23H26N6O3S. The number of H-pyrrole nitrogens is 1. The van der Waals surface area contributed by atoms with Crippen LogP contribution in [0.5, 0.6) is 0 Å². The van der Waals surface area contributed by atoms with Crippen LogP contribution in [0, 0.1) is 0 Å². The molecule has 2 aliphatic rings. The highest BCUT2D eigenvalue weighted by Crippen LogP contribution is 2.36. The van der Waals surface area contributed by atoms with Crippen molar-refractivity contribution in [2.24, 2.45) is 0 Å². The molecule has 2 aromatic heterocycles. The average molecular weight is 467 g/mol. The van der Waals surface area contributed by atoms with Gasteiger partial charge in [-0.25, -0.2) is 14.5 Å². The summed E-state index contributed by atoms with van der Waals surface area (Å²) in [6.07, 6.45) is 7.35. The fraction of sp³-hybridized carbons (Fsp3) is 0.435. The number of Topliss-reactive ketones (excluding diaryl/α,β-unsaturated/α-hetero) is 1. The first-order chi connectivity index (χ1) is 16.0. The number of nitrogens with one attached hydrogen (secondary N) is 1. The van der Waals surface area contributed by atoms with Crippen LogP contribution in [0.1, 0.15) is 73.1 Å². The number of nitrogens with zero attached hydrogens (tertiary/aromatic N) is 4. The highest BCUT2D eigenvalue weighted by molar-refractivity contribution is 7.99. The quantitative estimate of drug-likeness (QED) is 0.404. The molecule has 0 unspecified atom stereocenters. The SMILES string of the molecule is Nc1c(C(=O)CSc2nc(C3CCCCC3)n(-c3ccccc3)n2)c(=O)[nH]c(=O)n1C1CC1. The number of carbonyl (C=O) groups is 1. The lowest BCUT2D eigenvalue weighted by Gasteiger charge is -2.21. The molecule has 9 nitrogen and oxygen atoms in total. The normalized spacial score (nSPS) is 16.7. The molecule has 0 saturated heterocycles. The Bertz CT molecular complexity index is 1290. The van der Waals surface area contributed by atoms with Crippen LogP contribution in [0.4, 0.5) is 5.82 Å². The molecule has 1 aromatic carbocycles. The number of para-hydroxylation sites is 1. The van der Waals surface area contributed by atoms with E-state index in [2.05, 4.69) is 10.1 Å². The van der Waals surface area contributed by atoms with E-state index in [1.165, 1.54) is 35.6 Å². The van der Waals surface area contributed by atoms with Crippen LogP contribution in [0.2, 0.25) is 0 Å². The van der Waals surface area contributed by atoms with E-state index in [9.17, 15) is 14.4 Å². The smallest absolute Gasteiger partial charge is 0.330 e. The second-order valence-corrected chi connectivity index (χ2v) is 9.61. The minimum absolute atomic E-state index is 0.0426. The van der Waals surface area contributed by atoms with Gasteiger partial charge in [0, 0.05) is 12.0 Å². The molecule has 2 heterocycles. The van der Waals surface area contributed by atoms with Crippen molar-refractivity contribution in [2.75, 3.05) is 11.5 Å². The number of carbonyl (C=O) groups excluding carboxylic acids is 1. The van der Waals surface area contributed by atoms with Crippen LogP contribution in [-0.4, -0.2) is 35.9 Å². The lowest BCUT2D eigenvalue weighted by Crippen LogP contribution is -2.36. The molecule has 0 bridgehead atoms. The van der Waals surface area contributed by atoms with Crippen LogP contribution in [0.25, 0.3) is 5.69 Å². The fourth-order valence-corrected chi connectivity index (χ4v) is 5.18. The molecule has 2 saturated carbocycles. The Morgan fingerprint density at radius 1 is 1.09 bits per heavy atom. The van der Waals surface area contributed by atoms with Crippen molar-refractivity contribution in [1.29, 1.82) is 0 Å². The topological polar surface area (TPSA) is 129 Å². The highest BCUT2D eigenvalue weighted by atomic mass is 32.2. The zero-order valence-electron chi connectivity index (χ0n) is 18.2. The summed E-state index contributed by atoms with van der Waals surface area (Å²) in [5, 5.41) is 5.16. The Morgan fingerprint density at radius 3 is 2.52 bits per heavy atom. The molecule has 3 aromatic rings. The van der Waals surface area contributed by atoms with Crippen LogP contribution in [0.3, 0.4) is 0 Å². The van der Waals surface area contributed by atoms with Crippen molar-refractivity contribution in [3.05, 3.63) is 62.6 Å². The number of benzene rings is 1. The van der Waals surface area contributed by atoms with E-state index < -0.39 is 17.0 Å². The molecule has 2 aliphatic carbocycles. The van der Waals surface area contributed by atoms with Gasteiger partial charge in [-0.3, -0.25) is 19.1 Å². The Balaban J connectivity index is 1.41. The van der Waals surface area contributed by atoms with Gasteiger partial charge in [0.25, 0.3) is 5.56 Å². The van der Waals surface area contributed by atoms with Gasteiger partial charge in [-0.1, -0.05) is 49.2 Å². The van der Waals surface area contributed by atoms with Gasteiger partial charge in [0.1, 0.15) is 17.2 Å². The third-order valence-electron chi connectivity index (χ3n) is 6.29. The Morgan fingerprint density at radius 2 is 1.82 bits per heavy atom. The van der Waals surface area contributed by atoms with Gasteiger partial charge in [0.05, 0.1) is 11.4 Å². The third kappa shape index (κ3) is 4.39. The molecule has 0 aliphatic heterocycles. The van der Waals surface area contributed by atoms with Crippen molar-refractivity contribution in [2.45, 2.75) is 62.1 Å². The van der Waals surface area contributed by atoms with Crippen molar-refractivity contribution in [1.82, 2.24) is 24.3 Å². The molecule has 0 spiro atoms. The zero-order valence-corrected chi connectivity index (χ0v) is 19.0. The van der Waals surface area contributed by atoms with Gasteiger partial charge in [-0.05, 0) is 37.8 Å². The highest BCUT2D eigenvalue weighted by Gasteiger charge is 2.30. The maximum Gasteiger partial charge on any atom is 0.330 e. The molecule has 10 heteroatoms. The van der Waals surface area contributed by atoms with E-state index >= 15 is 0 Å². The molecule has 33 heavy (non-hydrogen) atoms. The number of aromatic nitrogens is 5. The Labute approximate surface area is 194 Å². The van der Waals surface area contributed by atoms with Gasteiger partial charge in [-0.15, -0.1) is 5.10 Å². The minimum Gasteiger partial charge on any atom is -0.384 e. The molecule has 3 N–H and O–H groups in total. The standard InChI is InChI=1S/C23H26N6O3S/c24-19-18(21(31)26-23(32)28(19)15-11-12-15)17(30)13-33-22-25-20(14-7-3-1-4-8-14)29(27-22)16-9-5-2-6-10-16/h2,5-6,9-10,14-15H,1,3-4,7-8,11-13,24H2,(H,26,31,32). The van der Waals surface area contributed by atoms with Crippen molar-refractivity contribution >= 4 is 23.4 Å². The summed E-state index contributed by atoms with van der Waals surface area (Å²) >= 11 is 1.18. The van der Waals surface area contributed by atoms with E-state index in [0.717, 1.165) is 37.2 Å². The largest absolute Gasteiger partial charge is 0.384 e. The zero-order chi connectivity index (χ0) is 22.9. The molecule has 5 rings (SSSR count). The van der Waals surface area contributed by atoms with Gasteiger partial charge >= 0.3 is 5.69 Å². The minimum atomic E-state index is -0.745.